The second kappa shape index (κ2) is 5.70. The molecule has 1 unspecified atom stereocenters. The molecule has 0 aromatic heterocycles. The van der Waals surface area contributed by atoms with Gasteiger partial charge in [-0.25, -0.2) is 0 Å². The molecule has 0 aromatic rings. The van der Waals surface area contributed by atoms with E-state index in [1.165, 1.54) is 0 Å². The molecule has 1 rings (SSSR count). The zero-order valence-corrected chi connectivity index (χ0v) is 9.03. The number of hydrogen-bond acceptors (Lipinski definition) is 3. The highest BCUT2D eigenvalue weighted by Gasteiger charge is 2.21. The predicted octanol–water partition coefficient (Wildman–Crippen LogP) is 0.0616. The van der Waals surface area contributed by atoms with Crippen LogP contribution in [-0.4, -0.2) is 48.1 Å². The Morgan fingerprint density at radius 1 is 1.67 bits per heavy atom. The van der Waals surface area contributed by atoms with E-state index in [0.29, 0.717) is 25.4 Å². The van der Waals surface area contributed by atoms with Crippen LogP contribution in [0.3, 0.4) is 0 Å². The molecular weight excluding hydrogens is 196 g/mol. The predicted molar refractivity (Wildman–Crippen MR) is 55.5 cm³/mol. The van der Waals surface area contributed by atoms with Gasteiger partial charge in [0, 0.05) is 32.5 Å². The van der Waals surface area contributed by atoms with Crippen molar-refractivity contribution in [2.24, 2.45) is 0 Å². The van der Waals surface area contributed by atoms with E-state index in [1.807, 2.05) is 0 Å². The Morgan fingerprint density at radius 2 is 2.40 bits per heavy atom. The normalized spacial score (nSPS) is 21.8. The molecule has 0 aromatic carbocycles. The van der Waals surface area contributed by atoms with Crippen LogP contribution >= 0.6 is 0 Å². The Morgan fingerprint density at radius 3 is 3.00 bits per heavy atom. The molecule has 0 bridgehead atoms. The number of aliphatic carboxylic acids is 1. The molecule has 1 amide bonds. The summed E-state index contributed by atoms with van der Waals surface area (Å²) in [6.45, 7) is 1.44. The van der Waals surface area contributed by atoms with E-state index >= 15 is 0 Å². The minimum absolute atomic E-state index is 0.193. The van der Waals surface area contributed by atoms with Crippen molar-refractivity contribution in [2.75, 3.05) is 20.1 Å². The van der Waals surface area contributed by atoms with E-state index in [2.05, 4.69) is 5.32 Å². The molecule has 2 N–H and O–H groups in total. The lowest BCUT2D eigenvalue weighted by atomic mass is 10.1. The zero-order valence-electron chi connectivity index (χ0n) is 9.03. The van der Waals surface area contributed by atoms with Gasteiger partial charge in [0.2, 0.25) is 5.91 Å². The van der Waals surface area contributed by atoms with Crippen molar-refractivity contribution in [1.29, 1.82) is 0 Å². The number of carbonyl (C=O) groups excluding carboxylic acids is 1. The van der Waals surface area contributed by atoms with Gasteiger partial charge in [0.15, 0.2) is 0 Å². The van der Waals surface area contributed by atoms with Gasteiger partial charge in [-0.2, -0.15) is 0 Å². The van der Waals surface area contributed by atoms with Crippen molar-refractivity contribution in [3.05, 3.63) is 0 Å². The second-order valence-electron chi connectivity index (χ2n) is 3.96. The molecule has 15 heavy (non-hydrogen) atoms. The van der Waals surface area contributed by atoms with Crippen LogP contribution in [0.4, 0.5) is 0 Å². The number of hydrogen-bond donors (Lipinski definition) is 2. The number of rotatable bonds is 5. The largest absolute Gasteiger partial charge is 0.481 e. The molecule has 1 atom stereocenters. The SMILES string of the molecule is CN1CC(NCCCC(=O)O)CCC1=O. The van der Waals surface area contributed by atoms with Crippen LogP contribution in [0.2, 0.25) is 0 Å². The molecule has 1 aliphatic heterocycles. The number of likely N-dealkylation sites (N-methyl/N-ethyl adjacent to an activating group) is 1. The zero-order chi connectivity index (χ0) is 11.3. The van der Waals surface area contributed by atoms with Crippen LogP contribution in [0.25, 0.3) is 0 Å². The van der Waals surface area contributed by atoms with E-state index < -0.39 is 5.97 Å². The Kier molecular flexibility index (Phi) is 4.55. The maximum atomic E-state index is 11.2. The highest BCUT2D eigenvalue weighted by Crippen LogP contribution is 2.09. The van der Waals surface area contributed by atoms with Gasteiger partial charge < -0.3 is 15.3 Å². The Labute approximate surface area is 89.4 Å². The van der Waals surface area contributed by atoms with Crippen LogP contribution < -0.4 is 5.32 Å². The summed E-state index contributed by atoms with van der Waals surface area (Å²) in [5.41, 5.74) is 0. The first-order valence-corrected chi connectivity index (χ1v) is 5.28. The average molecular weight is 214 g/mol. The van der Waals surface area contributed by atoms with E-state index in [-0.39, 0.29) is 12.3 Å². The fourth-order valence-corrected chi connectivity index (χ4v) is 1.72. The van der Waals surface area contributed by atoms with Crippen molar-refractivity contribution in [1.82, 2.24) is 10.2 Å². The van der Waals surface area contributed by atoms with Gasteiger partial charge in [-0.05, 0) is 19.4 Å². The monoisotopic (exact) mass is 214 g/mol. The topological polar surface area (TPSA) is 69.6 Å². The average Bonchev–Trinajstić information content (AvgIpc) is 2.18. The highest BCUT2D eigenvalue weighted by atomic mass is 16.4. The molecule has 0 aliphatic carbocycles. The fraction of sp³-hybridized carbons (Fsp3) is 0.800. The van der Waals surface area contributed by atoms with Crippen molar-refractivity contribution in [3.8, 4) is 0 Å². The van der Waals surface area contributed by atoms with Crippen LogP contribution in [-0.2, 0) is 9.59 Å². The van der Waals surface area contributed by atoms with Crippen molar-refractivity contribution < 1.29 is 14.7 Å². The van der Waals surface area contributed by atoms with Crippen molar-refractivity contribution in [3.63, 3.8) is 0 Å². The quantitative estimate of drug-likeness (QED) is 0.635. The van der Waals surface area contributed by atoms with E-state index in [1.54, 1.807) is 11.9 Å². The maximum absolute atomic E-state index is 11.2. The minimum Gasteiger partial charge on any atom is -0.481 e. The number of nitrogens with zero attached hydrogens (tertiary/aromatic N) is 1. The van der Waals surface area contributed by atoms with Crippen molar-refractivity contribution in [2.45, 2.75) is 31.7 Å². The lowest BCUT2D eigenvalue weighted by molar-refractivity contribution is -0.137. The molecular formula is C10H18N2O3. The third-order valence-corrected chi connectivity index (χ3v) is 2.63. The summed E-state index contributed by atoms with van der Waals surface area (Å²) in [4.78, 5) is 23.2. The Bertz CT molecular complexity index is 243. The summed E-state index contributed by atoms with van der Waals surface area (Å²) >= 11 is 0. The molecule has 1 saturated heterocycles. The summed E-state index contributed by atoms with van der Waals surface area (Å²) < 4.78 is 0. The highest BCUT2D eigenvalue weighted by molar-refractivity contribution is 5.76. The molecule has 0 saturated carbocycles. The third kappa shape index (κ3) is 4.29. The van der Waals surface area contributed by atoms with Gasteiger partial charge in [-0.1, -0.05) is 0 Å². The first-order chi connectivity index (χ1) is 7.09. The van der Waals surface area contributed by atoms with E-state index in [0.717, 1.165) is 13.0 Å². The van der Waals surface area contributed by atoms with Crippen LogP contribution in [0.15, 0.2) is 0 Å². The van der Waals surface area contributed by atoms with Gasteiger partial charge in [0.1, 0.15) is 0 Å². The molecule has 1 heterocycles. The smallest absolute Gasteiger partial charge is 0.303 e. The Balaban J connectivity index is 2.12. The number of amides is 1. The van der Waals surface area contributed by atoms with Gasteiger partial charge in [-0.15, -0.1) is 0 Å². The van der Waals surface area contributed by atoms with Crippen LogP contribution in [0, 0.1) is 0 Å². The standard InChI is InChI=1S/C10H18N2O3/c1-12-7-8(4-5-9(12)13)11-6-2-3-10(14)15/h8,11H,2-7H2,1H3,(H,14,15). The minimum atomic E-state index is -0.757. The first kappa shape index (κ1) is 12.0. The molecule has 86 valence electrons. The van der Waals surface area contributed by atoms with Crippen LogP contribution in [0.1, 0.15) is 25.7 Å². The van der Waals surface area contributed by atoms with Crippen LogP contribution in [0.5, 0.6) is 0 Å². The molecule has 5 heteroatoms. The lowest BCUT2D eigenvalue weighted by Gasteiger charge is -2.30. The number of nitrogens with one attached hydrogen (secondary N) is 1. The van der Waals surface area contributed by atoms with Gasteiger partial charge in [0.05, 0.1) is 0 Å². The summed E-state index contributed by atoms with van der Waals surface area (Å²) in [5.74, 6) is -0.564. The van der Waals surface area contributed by atoms with E-state index in [9.17, 15) is 9.59 Å². The second-order valence-corrected chi connectivity index (χ2v) is 3.96. The van der Waals surface area contributed by atoms with Gasteiger partial charge in [0.25, 0.3) is 0 Å². The lowest BCUT2D eigenvalue weighted by Crippen LogP contribution is -2.46. The summed E-state index contributed by atoms with van der Waals surface area (Å²) in [7, 11) is 1.80. The fourth-order valence-electron chi connectivity index (χ4n) is 1.72. The molecule has 1 aliphatic rings. The number of carbonyl (C=O) groups is 2. The van der Waals surface area contributed by atoms with Crippen molar-refractivity contribution >= 4 is 11.9 Å². The van der Waals surface area contributed by atoms with E-state index in [4.69, 9.17) is 5.11 Å². The molecule has 0 spiro atoms. The Hall–Kier alpha value is -1.10. The maximum Gasteiger partial charge on any atom is 0.303 e. The van der Waals surface area contributed by atoms with Gasteiger partial charge in [-0.3, -0.25) is 9.59 Å². The summed E-state index contributed by atoms with van der Waals surface area (Å²) in [6.07, 6.45) is 2.29. The third-order valence-electron chi connectivity index (χ3n) is 2.63. The number of piperidine rings is 1. The molecule has 1 fully saturated rings. The molecule has 0 radical (unpaired) electrons. The number of carboxylic acids is 1. The first-order valence-electron chi connectivity index (χ1n) is 5.28. The summed E-state index contributed by atoms with van der Waals surface area (Å²) in [6, 6.07) is 0.321. The number of carboxylic acid groups (broad SMARTS) is 1. The molecule has 5 nitrogen and oxygen atoms in total. The summed E-state index contributed by atoms with van der Waals surface area (Å²) in [5, 5.41) is 11.7. The van der Waals surface area contributed by atoms with Gasteiger partial charge >= 0.3 is 5.97 Å². The number of likely N-dealkylation sites (tertiary alicyclic amines) is 1.